The van der Waals surface area contributed by atoms with E-state index in [4.69, 9.17) is 54.3 Å². The van der Waals surface area contributed by atoms with Crippen LogP contribution in [-0.4, -0.2) is 138 Å². The Morgan fingerprint density at radius 2 is 0.927 bits per heavy atom. The van der Waals surface area contributed by atoms with Gasteiger partial charge in [-0.05, 0) is 73.7 Å². The van der Waals surface area contributed by atoms with Gasteiger partial charge < -0.3 is 52.8 Å². The lowest BCUT2D eigenvalue weighted by Crippen LogP contribution is -2.22. The number of aliphatic hydroxyl groups excluding tert-OH is 1. The minimum atomic E-state index is 0.0173. The number of anilines is 6. The molecule has 7 aromatic heterocycles. The van der Waals surface area contributed by atoms with Crippen molar-refractivity contribution < 1.29 is 38.1 Å². The van der Waals surface area contributed by atoms with Crippen molar-refractivity contribution in [3.05, 3.63) is 189 Å². The summed E-state index contributed by atoms with van der Waals surface area (Å²) < 4.78 is 43.3. The van der Waals surface area contributed by atoms with Crippen molar-refractivity contribution in [1.82, 2.24) is 64.4 Å². The van der Waals surface area contributed by atoms with Crippen LogP contribution in [0.15, 0.2) is 182 Å². The number of hydrogen-bond donors (Lipinski definition) is 1. The van der Waals surface area contributed by atoms with Gasteiger partial charge in [0.1, 0.15) is 28.7 Å². The number of fused-ring (bicyclic) bond motifs is 3. The summed E-state index contributed by atoms with van der Waals surface area (Å²) in [4.78, 5) is 34.6. The molecule has 6 aromatic carbocycles. The molecule has 96 heavy (non-hydrogen) atoms. The molecule has 0 fully saturated rings. The Morgan fingerprint density at radius 3 is 1.36 bits per heavy atom. The molecule has 0 aliphatic heterocycles. The third kappa shape index (κ3) is 15.7. The van der Waals surface area contributed by atoms with Crippen LogP contribution in [0, 0.1) is 19.3 Å². The second kappa shape index (κ2) is 30.7. The van der Waals surface area contributed by atoms with Crippen molar-refractivity contribution in [3.8, 4) is 74.9 Å². The maximum Gasteiger partial charge on any atom is 0.156 e. The standard InChI is InChI=1S/C26H26N6O4.C24H23N5O2.C22H23N5O2/c1-17-8-23(36-30-17)16-32(20-9-21(34-2)12-22(10-20)35-3)19-4-5-24-25(11-19)29-26(14-27-24)18-13-28-31(15-18)6-7-33;1-5-6-9-29(19-10-20(30-3)13-21(11-19)31-4)18-7-8-22-23(12-18)27-24(15-25-22)17-14-26-28(2)16-17;1-26-15-16(13-24-26)22-14-23-20-8-7-18(12-21(20)25-22)27(9-10-28-2)17-5-4-6-19(11-17)29-3/h4-5,8-15,33H,6-7,16H2,1-3H3;1,7-8,10-16H,6,9H2,2-4H3;4-8,11-15H,9-10H2,1-3H3. The molecule has 24 nitrogen and oxygen atoms in total. The van der Waals surface area contributed by atoms with E-state index in [0.717, 1.165) is 107 Å². The highest BCUT2D eigenvalue weighted by molar-refractivity contribution is 5.85. The Hall–Kier alpha value is -11.9. The molecule has 13 rings (SSSR count). The number of benzene rings is 6. The Labute approximate surface area is 554 Å². The lowest BCUT2D eigenvalue weighted by molar-refractivity contribution is 0.207. The predicted octanol–water partition coefficient (Wildman–Crippen LogP) is 12.2. The van der Waals surface area contributed by atoms with E-state index in [9.17, 15) is 5.11 Å². The number of terminal acetylenes is 1. The molecule has 0 spiro atoms. The number of methoxy groups -OCH3 is 6. The fourth-order valence-electron chi connectivity index (χ4n) is 10.6. The van der Waals surface area contributed by atoms with Gasteiger partial charge in [0.2, 0.25) is 0 Å². The summed E-state index contributed by atoms with van der Waals surface area (Å²) in [5.74, 6) is 7.01. The summed E-state index contributed by atoms with van der Waals surface area (Å²) in [5.41, 5.74) is 16.2. The zero-order valence-electron chi connectivity index (χ0n) is 54.7. The van der Waals surface area contributed by atoms with Crippen molar-refractivity contribution in [2.75, 3.05) is 83.7 Å². The molecular weight excluding hydrogens is 1220 g/mol. The van der Waals surface area contributed by atoms with E-state index in [-0.39, 0.29) is 6.61 Å². The Balaban J connectivity index is 0.000000147. The van der Waals surface area contributed by atoms with Crippen molar-refractivity contribution in [1.29, 1.82) is 0 Å². The van der Waals surface area contributed by atoms with Crippen LogP contribution in [0.3, 0.4) is 0 Å². The summed E-state index contributed by atoms with van der Waals surface area (Å²) >= 11 is 0. The summed E-state index contributed by atoms with van der Waals surface area (Å²) in [6.45, 7) is 4.69. The average Bonchev–Trinajstić information content (AvgIpc) is 0.856. The highest BCUT2D eigenvalue weighted by Gasteiger charge is 2.20. The fraction of sp³-hybridized carbons (Fsp3) is 0.222. The molecule has 0 unspecified atom stereocenters. The van der Waals surface area contributed by atoms with Gasteiger partial charge in [0.15, 0.2) is 5.76 Å². The first-order valence-electron chi connectivity index (χ1n) is 30.5. The molecule has 1 N–H and O–H groups in total. The smallest absolute Gasteiger partial charge is 0.156 e. The zero-order chi connectivity index (χ0) is 67.1. The third-order valence-corrected chi connectivity index (χ3v) is 15.4. The molecular formula is C72H72N16O8. The van der Waals surface area contributed by atoms with Gasteiger partial charge >= 0.3 is 0 Å². The number of nitrogens with zero attached hydrogens (tertiary/aromatic N) is 16. The third-order valence-electron chi connectivity index (χ3n) is 15.4. The first-order chi connectivity index (χ1) is 46.8. The summed E-state index contributed by atoms with van der Waals surface area (Å²) in [6.07, 6.45) is 22.4. The zero-order valence-corrected chi connectivity index (χ0v) is 54.7. The van der Waals surface area contributed by atoms with Gasteiger partial charge in [-0.25, -0.2) is 15.0 Å². The van der Waals surface area contributed by atoms with Gasteiger partial charge in [-0.2, -0.15) is 15.3 Å². The van der Waals surface area contributed by atoms with Gasteiger partial charge in [-0.15, -0.1) is 12.3 Å². The van der Waals surface area contributed by atoms with Crippen LogP contribution in [0.5, 0.6) is 28.7 Å². The Morgan fingerprint density at radius 1 is 0.479 bits per heavy atom. The van der Waals surface area contributed by atoms with E-state index in [2.05, 4.69) is 74.2 Å². The van der Waals surface area contributed by atoms with Crippen molar-refractivity contribution in [2.24, 2.45) is 14.1 Å². The van der Waals surface area contributed by atoms with E-state index in [1.54, 1.807) is 93.9 Å². The number of rotatable bonds is 23. The molecule has 13 aromatic rings. The quantitative estimate of drug-likeness (QED) is 0.0585. The van der Waals surface area contributed by atoms with Gasteiger partial charge in [0.25, 0.3) is 0 Å². The number of hydrogen-bond acceptors (Lipinski definition) is 21. The topological polar surface area (TPSA) is 242 Å². The summed E-state index contributed by atoms with van der Waals surface area (Å²) in [7, 11) is 13.7. The largest absolute Gasteiger partial charge is 0.497 e. The maximum absolute atomic E-state index is 9.17. The van der Waals surface area contributed by atoms with Crippen LogP contribution in [0.25, 0.3) is 66.9 Å². The first-order valence-corrected chi connectivity index (χ1v) is 30.5. The Bertz CT molecular complexity index is 4780. The fourth-order valence-corrected chi connectivity index (χ4v) is 10.6. The van der Waals surface area contributed by atoms with Crippen molar-refractivity contribution in [3.63, 3.8) is 0 Å². The molecule has 0 bridgehead atoms. The summed E-state index contributed by atoms with van der Waals surface area (Å²) in [6, 6.07) is 39.4. The second-order valence-corrected chi connectivity index (χ2v) is 21.9. The van der Waals surface area contributed by atoms with Crippen LogP contribution in [0.1, 0.15) is 17.9 Å². The average molecular weight is 1290 g/mol. The number of aromatic nitrogens is 13. The normalized spacial score (nSPS) is 10.9. The SMILES string of the molecule is C#CCCN(c1cc(OC)cc(OC)c1)c1ccc2ncc(-c3cnn(C)c3)nc2c1.COCCN(c1cccc(OC)c1)c1ccc2ncc(-c3cnn(C)c3)nc2c1.COc1cc(OC)cc(N(Cc2cc(C)no2)c2ccc3ncc(-c4cnn(CCO)c4)nc3c2)c1. The van der Waals surface area contributed by atoms with Crippen LogP contribution < -0.4 is 38.4 Å². The number of aliphatic hydroxyl groups is 1. The monoisotopic (exact) mass is 1290 g/mol. The van der Waals surface area contributed by atoms with Gasteiger partial charge in [-0.3, -0.25) is 29.0 Å². The lowest BCUT2D eigenvalue weighted by atomic mass is 10.1. The molecule has 0 radical (unpaired) electrons. The molecule has 0 aliphatic carbocycles. The number of aryl methyl sites for hydroxylation is 3. The van der Waals surface area contributed by atoms with Crippen LogP contribution in [0.4, 0.5) is 34.1 Å². The molecule has 0 atom stereocenters. The first kappa shape index (κ1) is 65.5. The highest BCUT2D eigenvalue weighted by atomic mass is 16.5. The molecule has 7 heterocycles. The molecule has 0 aliphatic rings. The second-order valence-electron chi connectivity index (χ2n) is 21.9. The maximum atomic E-state index is 9.17. The molecule has 24 heteroatoms. The van der Waals surface area contributed by atoms with Crippen molar-refractivity contribution in [2.45, 2.75) is 26.4 Å². The summed E-state index contributed by atoms with van der Waals surface area (Å²) in [5, 5.41) is 25.9. The van der Waals surface area contributed by atoms with Gasteiger partial charge in [-0.1, -0.05) is 11.2 Å². The number of ether oxygens (including phenoxy) is 6. The van der Waals surface area contributed by atoms with Crippen LogP contribution in [-0.2, 0) is 31.9 Å². The molecule has 0 saturated heterocycles. The molecule has 488 valence electrons. The van der Waals surface area contributed by atoms with Crippen molar-refractivity contribution >= 4 is 67.2 Å². The van der Waals surface area contributed by atoms with E-state index < -0.39 is 0 Å². The predicted molar refractivity (Wildman–Crippen MR) is 370 cm³/mol. The Kier molecular flexibility index (Phi) is 20.9. The molecule has 0 saturated carbocycles. The minimum Gasteiger partial charge on any atom is -0.497 e. The lowest BCUT2D eigenvalue weighted by Gasteiger charge is -2.25. The van der Waals surface area contributed by atoms with Gasteiger partial charge in [0, 0.05) is 159 Å². The molecule has 0 amide bonds. The van der Waals surface area contributed by atoms with Crippen LogP contribution in [0.2, 0.25) is 0 Å². The van der Waals surface area contributed by atoms with E-state index >= 15 is 0 Å². The van der Waals surface area contributed by atoms with Crippen LogP contribution >= 0.6 is 0 Å². The van der Waals surface area contributed by atoms with Gasteiger partial charge in [0.05, 0.1) is 155 Å². The van der Waals surface area contributed by atoms with E-state index in [1.165, 1.54) is 0 Å². The highest BCUT2D eigenvalue weighted by Crippen LogP contribution is 2.38. The minimum absolute atomic E-state index is 0.0173. The van der Waals surface area contributed by atoms with E-state index in [1.807, 2.05) is 143 Å². The van der Waals surface area contributed by atoms with E-state index in [0.29, 0.717) is 73.7 Å².